The molecule has 0 N–H and O–H groups in total. The first-order valence-corrected chi connectivity index (χ1v) is 4.49. The first-order chi connectivity index (χ1) is 5.74. The SMILES string of the molecule is CCCCc1ccc(C)c(F)c1. The highest BCUT2D eigenvalue weighted by molar-refractivity contribution is 5.23. The number of benzene rings is 1. The zero-order valence-corrected chi connectivity index (χ0v) is 7.73. The lowest BCUT2D eigenvalue weighted by molar-refractivity contribution is 0.615. The molecule has 0 aliphatic heterocycles. The Labute approximate surface area is 73.4 Å². The van der Waals surface area contributed by atoms with Crippen molar-refractivity contribution in [3.63, 3.8) is 0 Å². The average Bonchev–Trinajstić information content (AvgIpc) is 2.07. The molecule has 0 amide bonds. The van der Waals surface area contributed by atoms with Crippen molar-refractivity contribution in [2.75, 3.05) is 0 Å². The maximum absolute atomic E-state index is 13.0. The van der Waals surface area contributed by atoms with Gasteiger partial charge in [0.15, 0.2) is 0 Å². The highest BCUT2D eigenvalue weighted by atomic mass is 19.1. The summed E-state index contributed by atoms with van der Waals surface area (Å²) in [6, 6.07) is 5.50. The van der Waals surface area contributed by atoms with Crippen LogP contribution in [0.25, 0.3) is 0 Å². The third-order valence-electron chi connectivity index (χ3n) is 2.06. The Bertz CT molecular complexity index is 253. The molecule has 0 heterocycles. The van der Waals surface area contributed by atoms with Gasteiger partial charge < -0.3 is 0 Å². The van der Waals surface area contributed by atoms with Crippen LogP contribution in [0.15, 0.2) is 18.2 Å². The van der Waals surface area contributed by atoms with Gasteiger partial charge in [0.05, 0.1) is 0 Å². The highest BCUT2D eigenvalue weighted by Gasteiger charge is 1.98. The molecule has 0 nitrogen and oxygen atoms in total. The van der Waals surface area contributed by atoms with Gasteiger partial charge in [-0.2, -0.15) is 0 Å². The molecule has 0 radical (unpaired) electrons. The molecule has 12 heavy (non-hydrogen) atoms. The number of hydrogen-bond acceptors (Lipinski definition) is 0. The van der Waals surface area contributed by atoms with E-state index in [1.54, 1.807) is 13.0 Å². The van der Waals surface area contributed by atoms with E-state index in [9.17, 15) is 4.39 Å². The topological polar surface area (TPSA) is 0 Å². The van der Waals surface area contributed by atoms with Gasteiger partial charge in [-0.1, -0.05) is 25.5 Å². The summed E-state index contributed by atoms with van der Waals surface area (Å²) < 4.78 is 13.0. The molecule has 0 aliphatic carbocycles. The second-order valence-corrected chi connectivity index (χ2v) is 3.19. The molecule has 0 bridgehead atoms. The molecule has 0 fully saturated rings. The third-order valence-corrected chi connectivity index (χ3v) is 2.06. The van der Waals surface area contributed by atoms with Gasteiger partial charge in [0, 0.05) is 0 Å². The summed E-state index contributed by atoms with van der Waals surface area (Å²) in [5.74, 6) is -0.0800. The fourth-order valence-corrected chi connectivity index (χ4v) is 1.17. The molecule has 0 saturated heterocycles. The van der Waals surface area contributed by atoms with Crippen LogP contribution in [-0.2, 0) is 6.42 Å². The smallest absolute Gasteiger partial charge is 0.126 e. The number of halogens is 1. The zero-order valence-electron chi connectivity index (χ0n) is 7.73. The van der Waals surface area contributed by atoms with Crippen LogP contribution in [0, 0.1) is 12.7 Å². The largest absolute Gasteiger partial charge is 0.207 e. The van der Waals surface area contributed by atoms with E-state index in [2.05, 4.69) is 6.92 Å². The lowest BCUT2D eigenvalue weighted by Crippen LogP contribution is -1.88. The lowest BCUT2D eigenvalue weighted by atomic mass is 10.1. The van der Waals surface area contributed by atoms with Crippen LogP contribution in [-0.4, -0.2) is 0 Å². The first-order valence-electron chi connectivity index (χ1n) is 4.49. The van der Waals surface area contributed by atoms with E-state index in [0.717, 1.165) is 30.4 Å². The van der Waals surface area contributed by atoms with E-state index in [4.69, 9.17) is 0 Å². The van der Waals surface area contributed by atoms with Crippen LogP contribution >= 0.6 is 0 Å². The highest BCUT2D eigenvalue weighted by Crippen LogP contribution is 2.11. The third kappa shape index (κ3) is 2.33. The number of aryl methyl sites for hydroxylation is 2. The molecular weight excluding hydrogens is 151 g/mol. The molecule has 1 aromatic rings. The van der Waals surface area contributed by atoms with Crippen molar-refractivity contribution in [1.82, 2.24) is 0 Å². The normalized spacial score (nSPS) is 10.2. The Hall–Kier alpha value is -0.850. The number of rotatable bonds is 3. The Kier molecular flexibility index (Phi) is 3.27. The van der Waals surface area contributed by atoms with E-state index in [1.165, 1.54) is 0 Å². The fourth-order valence-electron chi connectivity index (χ4n) is 1.17. The van der Waals surface area contributed by atoms with Crippen molar-refractivity contribution in [3.05, 3.63) is 35.1 Å². The van der Waals surface area contributed by atoms with Crippen LogP contribution in [0.1, 0.15) is 30.9 Å². The molecule has 0 atom stereocenters. The van der Waals surface area contributed by atoms with Gasteiger partial charge in [-0.25, -0.2) is 4.39 Å². The molecule has 0 aromatic heterocycles. The van der Waals surface area contributed by atoms with Gasteiger partial charge >= 0.3 is 0 Å². The predicted molar refractivity (Wildman–Crippen MR) is 49.7 cm³/mol. The average molecular weight is 166 g/mol. The van der Waals surface area contributed by atoms with E-state index in [0.29, 0.717) is 0 Å². The molecule has 1 heteroatoms. The van der Waals surface area contributed by atoms with Crippen LogP contribution in [0.3, 0.4) is 0 Å². The van der Waals surface area contributed by atoms with Crippen LogP contribution < -0.4 is 0 Å². The molecule has 0 saturated carbocycles. The summed E-state index contributed by atoms with van der Waals surface area (Å²) >= 11 is 0. The molecule has 0 spiro atoms. The summed E-state index contributed by atoms with van der Waals surface area (Å²) in [7, 11) is 0. The number of hydrogen-bond donors (Lipinski definition) is 0. The van der Waals surface area contributed by atoms with Crippen molar-refractivity contribution in [2.24, 2.45) is 0 Å². The summed E-state index contributed by atoms with van der Waals surface area (Å²) in [5, 5.41) is 0. The first kappa shape index (κ1) is 9.24. The van der Waals surface area contributed by atoms with Gasteiger partial charge in [0.2, 0.25) is 0 Å². The van der Waals surface area contributed by atoms with Crippen molar-refractivity contribution < 1.29 is 4.39 Å². The van der Waals surface area contributed by atoms with Gasteiger partial charge in [-0.05, 0) is 37.0 Å². The zero-order chi connectivity index (χ0) is 8.97. The van der Waals surface area contributed by atoms with Gasteiger partial charge in [0.1, 0.15) is 5.82 Å². The van der Waals surface area contributed by atoms with E-state index in [1.807, 2.05) is 12.1 Å². The summed E-state index contributed by atoms with van der Waals surface area (Å²) in [4.78, 5) is 0. The van der Waals surface area contributed by atoms with E-state index in [-0.39, 0.29) is 5.82 Å². The molecule has 1 rings (SSSR count). The maximum atomic E-state index is 13.0. The fraction of sp³-hybridized carbons (Fsp3) is 0.455. The van der Waals surface area contributed by atoms with Crippen molar-refractivity contribution >= 4 is 0 Å². The summed E-state index contributed by atoms with van der Waals surface area (Å²) in [6.07, 6.45) is 3.30. The summed E-state index contributed by atoms with van der Waals surface area (Å²) in [6.45, 7) is 3.93. The maximum Gasteiger partial charge on any atom is 0.126 e. The minimum atomic E-state index is -0.0800. The van der Waals surface area contributed by atoms with Gasteiger partial charge in [0.25, 0.3) is 0 Å². The van der Waals surface area contributed by atoms with Crippen LogP contribution in [0.4, 0.5) is 4.39 Å². The summed E-state index contributed by atoms with van der Waals surface area (Å²) in [5.41, 5.74) is 1.84. The predicted octanol–water partition coefficient (Wildman–Crippen LogP) is 3.48. The monoisotopic (exact) mass is 166 g/mol. The molecule has 1 aromatic carbocycles. The second-order valence-electron chi connectivity index (χ2n) is 3.19. The van der Waals surface area contributed by atoms with Crippen LogP contribution in [0.2, 0.25) is 0 Å². The van der Waals surface area contributed by atoms with Crippen molar-refractivity contribution in [1.29, 1.82) is 0 Å². The standard InChI is InChI=1S/C11H15F/c1-3-4-5-10-7-6-9(2)11(12)8-10/h6-8H,3-5H2,1-2H3. The quantitative estimate of drug-likeness (QED) is 0.645. The molecular formula is C11H15F. The lowest BCUT2D eigenvalue weighted by Gasteiger charge is -2.01. The van der Waals surface area contributed by atoms with E-state index >= 15 is 0 Å². The Morgan fingerprint density at radius 1 is 1.33 bits per heavy atom. The molecule has 0 unspecified atom stereocenters. The van der Waals surface area contributed by atoms with Crippen molar-refractivity contribution in [3.8, 4) is 0 Å². The van der Waals surface area contributed by atoms with Crippen molar-refractivity contribution in [2.45, 2.75) is 33.1 Å². The van der Waals surface area contributed by atoms with Gasteiger partial charge in [-0.15, -0.1) is 0 Å². The van der Waals surface area contributed by atoms with Crippen LogP contribution in [0.5, 0.6) is 0 Å². The number of unbranched alkanes of at least 4 members (excludes halogenated alkanes) is 1. The van der Waals surface area contributed by atoms with Gasteiger partial charge in [-0.3, -0.25) is 0 Å². The Morgan fingerprint density at radius 3 is 2.67 bits per heavy atom. The minimum absolute atomic E-state index is 0.0800. The molecule has 66 valence electrons. The van der Waals surface area contributed by atoms with E-state index < -0.39 is 0 Å². The Balaban J connectivity index is 2.69. The molecule has 0 aliphatic rings. The minimum Gasteiger partial charge on any atom is -0.207 e. The Morgan fingerprint density at radius 2 is 2.08 bits per heavy atom. The second kappa shape index (κ2) is 4.24.